The number of unbranched alkanes of at least 4 members (excludes halogenated alkanes) is 29. The van der Waals surface area contributed by atoms with E-state index in [2.05, 4.69) is 29.8 Å². The van der Waals surface area contributed by atoms with Gasteiger partial charge in [0.2, 0.25) is 17.7 Å². The molecule has 12 unspecified atom stereocenters. The van der Waals surface area contributed by atoms with Crippen molar-refractivity contribution in [3.05, 3.63) is 12.2 Å². The van der Waals surface area contributed by atoms with E-state index in [9.17, 15) is 106 Å². The zero-order valence-electron chi connectivity index (χ0n) is 68.4. The lowest BCUT2D eigenvalue weighted by Gasteiger charge is -2.51. The van der Waals surface area contributed by atoms with Crippen molar-refractivity contribution >= 4 is 17.7 Å². The van der Waals surface area contributed by atoms with Gasteiger partial charge in [0.05, 0.1) is 58.4 Å². The summed E-state index contributed by atoms with van der Waals surface area (Å²) in [4.78, 5) is 39.3. The van der Waals surface area contributed by atoms with Crippen molar-refractivity contribution in [1.29, 1.82) is 0 Å². The van der Waals surface area contributed by atoms with Gasteiger partial charge >= 0.3 is 0 Å². The first-order chi connectivity index (χ1) is 55.8. The van der Waals surface area contributed by atoms with Crippen LogP contribution in [0.5, 0.6) is 0 Å². The number of ether oxygens (including phenoxy) is 12. The third kappa shape index (κ3) is 31.6. The van der Waals surface area contributed by atoms with Crippen LogP contribution >= 0.6 is 0 Å². The molecule has 6 aliphatic rings. The lowest BCUT2D eigenvalue weighted by Crippen LogP contribution is -2.71. The Labute approximate surface area is 682 Å². The van der Waals surface area contributed by atoms with E-state index < -0.39 is 254 Å². The number of carbonyl (C=O) groups is 3. The summed E-state index contributed by atoms with van der Waals surface area (Å²) in [7, 11) is 0. The van der Waals surface area contributed by atoms with Crippen molar-refractivity contribution < 1.29 is 163 Å². The van der Waals surface area contributed by atoms with E-state index in [0.29, 0.717) is 12.8 Å². The van der Waals surface area contributed by atoms with E-state index >= 15 is 0 Å². The normalized spacial score (nSPS) is 36.3. The maximum absolute atomic E-state index is 13.6. The highest BCUT2D eigenvalue weighted by atomic mass is 16.8. The predicted octanol–water partition coefficient (Wildman–Crippen LogP) is -0.864. The molecule has 36 nitrogen and oxygen atoms in total. The second-order valence-electron chi connectivity index (χ2n) is 32.1. The van der Waals surface area contributed by atoms with E-state index in [1.54, 1.807) is 6.08 Å². The molecule has 0 aromatic heterocycles. The number of hydrogen-bond acceptors (Lipinski definition) is 33. The van der Waals surface area contributed by atoms with E-state index in [4.69, 9.17) is 56.8 Å². The molecule has 678 valence electrons. The van der Waals surface area contributed by atoms with Crippen LogP contribution in [0.3, 0.4) is 0 Å². The molecular weight excluding hydrogens is 1530 g/mol. The summed E-state index contributed by atoms with van der Waals surface area (Å²) in [6, 6.07) is -4.66. The van der Waals surface area contributed by atoms with Gasteiger partial charge in [-0.15, -0.1) is 0 Å². The number of aliphatic hydroxyl groups is 18. The number of aliphatic hydroxyl groups excluding tert-OH is 18. The lowest BCUT2D eigenvalue weighted by molar-refractivity contribution is -0.387. The Balaban J connectivity index is 1.08. The van der Waals surface area contributed by atoms with Crippen LogP contribution in [0.15, 0.2) is 12.2 Å². The van der Waals surface area contributed by atoms with Crippen LogP contribution in [0.4, 0.5) is 0 Å². The zero-order valence-corrected chi connectivity index (χ0v) is 68.4. The van der Waals surface area contributed by atoms with Gasteiger partial charge in [0.15, 0.2) is 37.7 Å². The quantitative estimate of drug-likeness (QED) is 0.0260. The molecule has 3 amide bonds. The maximum Gasteiger partial charge on any atom is 0.220 e. The Morgan fingerprint density at radius 1 is 0.336 bits per heavy atom. The molecule has 0 aliphatic carbocycles. The van der Waals surface area contributed by atoms with Gasteiger partial charge in [-0.3, -0.25) is 14.4 Å². The third-order valence-corrected chi connectivity index (χ3v) is 22.7. The average molecular weight is 1680 g/mol. The summed E-state index contributed by atoms with van der Waals surface area (Å²) in [6.07, 6.45) is -15.3. The fraction of sp³-hybridized carbons (Fsp3) is 0.938. The predicted molar refractivity (Wildman–Crippen MR) is 412 cm³/mol. The summed E-state index contributed by atoms with van der Waals surface area (Å²) in [5, 5.41) is 208. The molecule has 6 fully saturated rings. The smallest absolute Gasteiger partial charge is 0.220 e. The minimum atomic E-state index is -2.26. The molecule has 0 radical (unpaired) electrons. The number of allylic oxidation sites excluding steroid dienone is 1. The first-order valence-corrected chi connectivity index (χ1v) is 43.0. The van der Waals surface area contributed by atoms with Crippen LogP contribution in [-0.2, 0) is 71.2 Å². The summed E-state index contributed by atoms with van der Waals surface area (Å²) >= 11 is 0. The summed E-state index contributed by atoms with van der Waals surface area (Å²) in [5.41, 5.74) is 0. The van der Waals surface area contributed by atoms with Gasteiger partial charge in [-0.1, -0.05) is 206 Å². The molecule has 6 rings (SSSR count). The SMILES string of the molecule is CCCCCCCCCCCCC/C=C/[C@@H](O)[C@H](CO[C@@H]1OC(CO)[C@@H](O[C@@H]2OC(CO)[C@H](O)[C@H](O[C@@H]3OC(CO)[C@@H](O[C@@H]4OC(CO)[C@H](O)[C@H](O[C@@H]5OC(CO)[C@@H](O)[C@H](O[C@@H]6OC(CO)[C@H](O)[C@H](O)C6O)C5NC(C)=O)C4O)[C@H](O)C3NC(C)=O)C2O)[C@H](O)C1O)NC(=O)CCCCCCCCCCCCCCCCCCCCC. The van der Waals surface area contributed by atoms with Gasteiger partial charge in [0.25, 0.3) is 0 Å². The van der Waals surface area contributed by atoms with Crippen molar-refractivity contribution in [2.75, 3.05) is 46.2 Å². The molecule has 32 atom stereocenters. The van der Waals surface area contributed by atoms with Gasteiger partial charge in [0, 0.05) is 20.3 Å². The fourth-order valence-corrected chi connectivity index (χ4v) is 15.8. The monoisotopic (exact) mass is 1680 g/mol. The molecule has 0 saturated carbocycles. The molecule has 0 aromatic carbocycles. The van der Waals surface area contributed by atoms with Gasteiger partial charge in [-0.05, 0) is 19.3 Å². The van der Waals surface area contributed by atoms with Crippen molar-refractivity contribution in [3.8, 4) is 0 Å². The van der Waals surface area contributed by atoms with Gasteiger partial charge in [-0.25, -0.2) is 0 Å². The first-order valence-electron chi connectivity index (χ1n) is 43.0. The van der Waals surface area contributed by atoms with Crippen LogP contribution in [0.25, 0.3) is 0 Å². The Morgan fingerprint density at radius 2 is 0.655 bits per heavy atom. The third-order valence-electron chi connectivity index (χ3n) is 22.7. The fourth-order valence-electron chi connectivity index (χ4n) is 15.8. The van der Waals surface area contributed by atoms with Crippen LogP contribution in [0.2, 0.25) is 0 Å². The van der Waals surface area contributed by atoms with Crippen LogP contribution in [-0.4, -0.2) is 352 Å². The summed E-state index contributed by atoms with van der Waals surface area (Å²) in [6.45, 7) is 0.0603. The molecule has 0 bridgehead atoms. The van der Waals surface area contributed by atoms with E-state index in [-0.39, 0.29) is 12.3 Å². The highest BCUT2D eigenvalue weighted by molar-refractivity contribution is 5.76. The zero-order chi connectivity index (χ0) is 84.8. The van der Waals surface area contributed by atoms with Crippen molar-refractivity contribution in [2.24, 2.45) is 0 Å². The molecule has 0 aromatic rings. The van der Waals surface area contributed by atoms with Crippen LogP contribution < -0.4 is 16.0 Å². The minimum absolute atomic E-state index is 0.175. The molecule has 36 heteroatoms. The minimum Gasteiger partial charge on any atom is -0.394 e. The number of rotatable bonds is 56. The van der Waals surface area contributed by atoms with Crippen molar-refractivity contribution in [3.63, 3.8) is 0 Å². The molecule has 0 spiro atoms. The average Bonchev–Trinajstić information content (AvgIpc) is 0.769. The first kappa shape index (κ1) is 102. The van der Waals surface area contributed by atoms with Gasteiger partial charge < -0.3 is 165 Å². The molecular formula is C80H145N3O33. The van der Waals surface area contributed by atoms with E-state index in [1.807, 2.05) is 6.08 Å². The number of amides is 3. The van der Waals surface area contributed by atoms with Gasteiger partial charge in [0.1, 0.15) is 146 Å². The molecule has 6 heterocycles. The second kappa shape index (κ2) is 55.2. The Hall–Kier alpha value is -3.05. The largest absolute Gasteiger partial charge is 0.394 e. The standard InChI is InChI=1S/C80H145N3O33/c1-5-7-9-11-13-15-17-19-20-21-22-23-24-26-28-30-32-34-36-38-56(93)83-48(49(92)37-35-33-31-29-27-25-18-16-14-12-10-8-6-2)45-105-77-67(102)65(100)71(55(44-89)111-77)113-80-68(103)73(61(96)52(41-86)109-80)115-75-57(81-46(3)90)63(98)70(54(43-88)110-75)112-79-69(104)74(62(97)53(42-87)108-79)116-76-58(82-47(4)91)72(60(95)51(40-85)106-76)114-78-66(101)64(99)59(94)50(39-84)107-78/h35,37,48-55,57-80,84-89,92,94-104H,5-34,36,38-45H2,1-4H3,(H,81,90)(H,82,91)(H,83,93)/b37-35+/t48-,49+,50?,51?,52?,53?,54?,55?,57?,58?,59-,60+,61-,62-,63+,64-,65+,66?,67?,68?,69?,70+,71+,72+,73-,74-,75-,76-,77+,78-,79-,80-/m0/s1. The number of hydrogen-bond donors (Lipinski definition) is 21. The summed E-state index contributed by atoms with van der Waals surface area (Å²) in [5.74, 6) is -2.06. The Kier molecular flexibility index (Phi) is 48.5. The highest BCUT2D eigenvalue weighted by Crippen LogP contribution is 2.38. The van der Waals surface area contributed by atoms with Crippen molar-refractivity contribution in [2.45, 2.75) is 429 Å². The summed E-state index contributed by atoms with van der Waals surface area (Å²) < 4.78 is 71.0. The van der Waals surface area contributed by atoms with Crippen LogP contribution in [0.1, 0.15) is 233 Å². The second-order valence-corrected chi connectivity index (χ2v) is 32.1. The lowest BCUT2D eigenvalue weighted by atomic mass is 9.93. The maximum atomic E-state index is 13.6. The highest BCUT2D eigenvalue weighted by Gasteiger charge is 2.59. The Morgan fingerprint density at radius 3 is 1.08 bits per heavy atom. The number of nitrogens with one attached hydrogen (secondary N) is 3. The van der Waals surface area contributed by atoms with Crippen LogP contribution in [0, 0.1) is 0 Å². The van der Waals surface area contributed by atoms with E-state index in [0.717, 1.165) is 65.2 Å². The Bertz CT molecular complexity index is 2670. The molecule has 6 aliphatic heterocycles. The molecule has 6 saturated heterocycles. The molecule has 116 heavy (non-hydrogen) atoms. The molecule has 21 N–H and O–H groups in total. The van der Waals surface area contributed by atoms with Gasteiger partial charge in [-0.2, -0.15) is 0 Å². The van der Waals surface area contributed by atoms with Crippen molar-refractivity contribution in [1.82, 2.24) is 16.0 Å². The number of carbonyl (C=O) groups excluding carboxylic acids is 3. The topological polar surface area (TPSA) is 562 Å². The van der Waals surface area contributed by atoms with E-state index in [1.165, 1.54) is 135 Å².